The molecule has 3 heteroatoms. The summed E-state index contributed by atoms with van der Waals surface area (Å²) in [7, 11) is 3.68. The highest BCUT2D eigenvalue weighted by Gasteiger charge is 2.26. The Morgan fingerprint density at radius 1 is 1.25 bits per heavy atom. The molecule has 0 atom stereocenters. The van der Waals surface area contributed by atoms with Crippen LogP contribution < -0.4 is 5.32 Å². The van der Waals surface area contributed by atoms with Crippen LogP contribution in [-0.4, -0.2) is 19.1 Å². The standard InChI is InChI=1S/C13H27NO2/c1-5-13(2,3)12(15)16-11-9-7-6-8-10-14-4/h4-11,14H2,1-3H3. The number of carbonyl (C=O) groups is 1. The van der Waals surface area contributed by atoms with E-state index in [1.807, 2.05) is 26.1 Å². The molecule has 0 aromatic carbocycles. The number of nitrogens with two attached hydrogens (primary N) is 1. The molecular weight excluding hydrogens is 202 g/mol. The Kier molecular flexibility index (Phi) is 8.26. The van der Waals surface area contributed by atoms with Crippen LogP contribution in [0.5, 0.6) is 0 Å². The quantitative estimate of drug-likeness (QED) is 0.373. The number of rotatable bonds is 9. The highest BCUT2D eigenvalue weighted by molar-refractivity contribution is 5.75. The highest BCUT2D eigenvalue weighted by Crippen LogP contribution is 2.21. The van der Waals surface area contributed by atoms with Crippen LogP contribution in [0.25, 0.3) is 0 Å². The molecule has 0 rings (SSSR count). The fraction of sp³-hybridized carbons (Fsp3) is 0.846. The predicted molar refractivity (Wildman–Crippen MR) is 65.6 cm³/mol. The van der Waals surface area contributed by atoms with Crippen LogP contribution >= 0.6 is 0 Å². The van der Waals surface area contributed by atoms with Crippen LogP contribution in [0.15, 0.2) is 0 Å². The number of hydrogen-bond donors (Lipinski definition) is 1. The molecule has 0 fully saturated rings. The normalized spacial score (nSPS) is 11.5. The highest BCUT2D eigenvalue weighted by atomic mass is 16.5. The Morgan fingerprint density at radius 3 is 2.44 bits per heavy atom. The second-order valence-corrected chi connectivity index (χ2v) is 4.86. The zero-order valence-corrected chi connectivity index (χ0v) is 11.1. The lowest BCUT2D eigenvalue weighted by atomic mass is 9.91. The van der Waals surface area contributed by atoms with Gasteiger partial charge in [0, 0.05) is 0 Å². The Morgan fingerprint density at radius 2 is 1.88 bits per heavy atom. The Labute approximate surface area is 99.9 Å². The van der Waals surface area contributed by atoms with Gasteiger partial charge in [0.15, 0.2) is 0 Å². The van der Waals surface area contributed by atoms with Gasteiger partial charge in [0.05, 0.1) is 18.6 Å². The average molecular weight is 229 g/mol. The van der Waals surface area contributed by atoms with E-state index in [0.717, 1.165) is 25.8 Å². The van der Waals surface area contributed by atoms with Crippen LogP contribution in [-0.2, 0) is 9.53 Å². The molecule has 0 amide bonds. The van der Waals surface area contributed by atoms with Crippen molar-refractivity contribution in [2.45, 2.75) is 52.9 Å². The molecule has 0 aromatic rings. The third kappa shape index (κ3) is 6.83. The molecule has 16 heavy (non-hydrogen) atoms. The minimum absolute atomic E-state index is 0.0684. The van der Waals surface area contributed by atoms with Crippen LogP contribution in [0.4, 0.5) is 0 Å². The summed E-state index contributed by atoms with van der Waals surface area (Å²) in [6.45, 7) is 7.52. The van der Waals surface area contributed by atoms with Gasteiger partial charge in [-0.1, -0.05) is 6.92 Å². The maximum Gasteiger partial charge on any atom is 0.311 e. The molecule has 0 heterocycles. The fourth-order valence-electron chi connectivity index (χ4n) is 1.25. The molecule has 0 bridgehead atoms. The van der Waals surface area contributed by atoms with Gasteiger partial charge in [0.25, 0.3) is 0 Å². The molecule has 0 aliphatic rings. The van der Waals surface area contributed by atoms with E-state index in [-0.39, 0.29) is 11.4 Å². The Balaban J connectivity index is 3.42. The van der Waals surface area contributed by atoms with E-state index in [9.17, 15) is 4.79 Å². The molecule has 0 saturated carbocycles. The molecule has 0 spiro atoms. The van der Waals surface area contributed by atoms with E-state index >= 15 is 0 Å². The number of quaternary nitrogens is 1. The Hall–Kier alpha value is -0.570. The van der Waals surface area contributed by atoms with E-state index in [1.54, 1.807) is 0 Å². The Bertz CT molecular complexity index is 190. The van der Waals surface area contributed by atoms with Gasteiger partial charge in [-0.25, -0.2) is 0 Å². The average Bonchev–Trinajstić information content (AvgIpc) is 2.27. The van der Waals surface area contributed by atoms with E-state index in [0.29, 0.717) is 6.61 Å². The van der Waals surface area contributed by atoms with Gasteiger partial charge < -0.3 is 10.1 Å². The second-order valence-electron chi connectivity index (χ2n) is 4.86. The van der Waals surface area contributed by atoms with E-state index in [4.69, 9.17) is 4.74 Å². The summed E-state index contributed by atoms with van der Waals surface area (Å²) < 4.78 is 5.25. The summed E-state index contributed by atoms with van der Waals surface area (Å²) in [4.78, 5) is 11.6. The molecule has 0 saturated heterocycles. The molecule has 0 aliphatic carbocycles. The molecular formula is C13H27NO2. The summed E-state index contributed by atoms with van der Waals surface area (Å²) in [6, 6.07) is 0. The maximum absolute atomic E-state index is 11.6. The van der Waals surface area contributed by atoms with E-state index in [1.165, 1.54) is 12.8 Å². The van der Waals surface area contributed by atoms with Crippen molar-refractivity contribution < 1.29 is 14.8 Å². The largest absolute Gasteiger partial charge is 0.479 e. The topological polar surface area (TPSA) is 42.9 Å². The van der Waals surface area contributed by atoms with Crippen molar-refractivity contribution in [3.8, 4) is 0 Å². The maximum atomic E-state index is 11.6. The third-order valence-corrected chi connectivity index (χ3v) is 2.97. The van der Waals surface area contributed by atoms with Crippen LogP contribution in [0.1, 0.15) is 52.9 Å². The van der Waals surface area contributed by atoms with Crippen molar-refractivity contribution in [3.63, 3.8) is 0 Å². The van der Waals surface area contributed by atoms with Gasteiger partial charge in [-0.2, -0.15) is 7.05 Å². The summed E-state index contributed by atoms with van der Waals surface area (Å²) in [5, 5.41) is 1.95. The predicted octanol–water partition coefficient (Wildman–Crippen LogP) is 1.88. The molecule has 0 radical (unpaired) electrons. The number of unbranched alkanes of at least 4 members (excludes halogenated alkanes) is 3. The van der Waals surface area contributed by atoms with Crippen LogP contribution in [0, 0.1) is 12.5 Å². The SMILES string of the molecule is [CH2-][NH2+]CCCCCCOC(=O)C(C)(C)CC. The van der Waals surface area contributed by atoms with E-state index in [2.05, 4.69) is 7.05 Å². The zero-order valence-electron chi connectivity index (χ0n) is 11.1. The van der Waals surface area contributed by atoms with Crippen molar-refractivity contribution >= 4 is 5.97 Å². The van der Waals surface area contributed by atoms with Crippen molar-refractivity contribution in [2.24, 2.45) is 5.41 Å². The van der Waals surface area contributed by atoms with Crippen LogP contribution in [0.3, 0.4) is 0 Å². The zero-order chi connectivity index (χ0) is 12.4. The molecule has 0 unspecified atom stereocenters. The van der Waals surface area contributed by atoms with Gasteiger partial charge in [-0.3, -0.25) is 4.79 Å². The summed E-state index contributed by atoms with van der Waals surface area (Å²) >= 11 is 0. The summed E-state index contributed by atoms with van der Waals surface area (Å²) in [6.07, 6.45) is 5.32. The summed E-state index contributed by atoms with van der Waals surface area (Å²) in [5.41, 5.74) is -0.331. The molecule has 2 N–H and O–H groups in total. The molecule has 3 nitrogen and oxygen atoms in total. The van der Waals surface area contributed by atoms with Gasteiger partial charge in [0.2, 0.25) is 0 Å². The lowest BCUT2D eigenvalue weighted by Gasteiger charge is -2.20. The number of ether oxygens (including phenoxy) is 1. The minimum Gasteiger partial charge on any atom is -0.479 e. The minimum atomic E-state index is -0.331. The van der Waals surface area contributed by atoms with Gasteiger partial charge in [-0.05, 0) is 46.0 Å². The molecule has 96 valence electrons. The first kappa shape index (κ1) is 15.4. The summed E-state index contributed by atoms with van der Waals surface area (Å²) in [5.74, 6) is -0.0684. The molecule has 0 aromatic heterocycles. The lowest BCUT2D eigenvalue weighted by Crippen LogP contribution is -2.76. The van der Waals surface area contributed by atoms with E-state index < -0.39 is 0 Å². The molecule has 0 aliphatic heterocycles. The van der Waals surface area contributed by atoms with Gasteiger partial charge >= 0.3 is 5.97 Å². The number of hydrogen-bond acceptors (Lipinski definition) is 2. The van der Waals surface area contributed by atoms with Crippen molar-refractivity contribution in [2.75, 3.05) is 13.2 Å². The van der Waals surface area contributed by atoms with Crippen molar-refractivity contribution in [1.82, 2.24) is 0 Å². The second kappa shape index (κ2) is 8.57. The van der Waals surface area contributed by atoms with Crippen molar-refractivity contribution in [1.29, 1.82) is 0 Å². The smallest absolute Gasteiger partial charge is 0.311 e. The third-order valence-electron chi connectivity index (χ3n) is 2.97. The first-order chi connectivity index (χ1) is 7.54. The van der Waals surface area contributed by atoms with Crippen molar-refractivity contribution in [3.05, 3.63) is 7.05 Å². The first-order valence-corrected chi connectivity index (χ1v) is 6.32. The monoisotopic (exact) mass is 229 g/mol. The first-order valence-electron chi connectivity index (χ1n) is 6.32. The lowest BCUT2D eigenvalue weighted by molar-refractivity contribution is -0.595. The number of esters is 1. The van der Waals surface area contributed by atoms with Crippen LogP contribution in [0.2, 0.25) is 0 Å². The number of carbonyl (C=O) groups excluding carboxylic acids is 1. The fourth-order valence-corrected chi connectivity index (χ4v) is 1.25. The van der Waals surface area contributed by atoms with Gasteiger partial charge in [0.1, 0.15) is 0 Å². The van der Waals surface area contributed by atoms with Gasteiger partial charge in [-0.15, -0.1) is 0 Å².